The molecule has 0 fully saturated rings. The molecule has 3 rings (SSSR count). The van der Waals surface area contributed by atoms with Crippen LogP contribution >= 0.6 is 12.2 Å². The van der Waals surface area contributed by atoms with Crippen molar-refractivity contribution in [3.63, 3.8) is 0 Å². The number of carbonyl (C=O) groups excluding carboxylic acids is 2. The van der Waals surface area contributed by atoms with E-state index in [4.69, 9.17) is 18.0 Å². The molecule has 1 aliphatic heterocycles. The summed E-state index contributed by atoms with van der Waals surface area (Å²) in [7, 11) is 0. The Morgan fingerprint density at radius 3 is 1.95 bits per heavy atom. The Kier molecular flexibility index (Phi) is 2.85. The lowest BCUT2D eigenvalue weighted by Crippen LogP contribution is -2.58. The van der Waals surface area contributed by atoms with E-state index in [1.54, 1.807) is 38.1 Å². The van der Waals surface area contributed by atoms with Crippen LogP contribution in [-0.2, 0) is 0 Å². The number of amides is 2. The molecule has 4 nitrogen and oxygen atoms in total. The third kappa shape index (κ3) is 1.77. The van der Waals surface area contributed by atoms with Crippen molar-refractivity contribution in [2.24, 2.45) is 5.73 Å². The Labute approximate surface area is 127 Å². The standard InChI is InChI=1S/C16H14N2O2S/c1-16(2,15(17)21)18-13(19)10-7-3-5-9-6-4-8-11(12(9)10)14(18)20/h3-8H,1-2H3,(H2,17,21). The smallest absolute Gasteiger partial charge is 0.262 e. The molecule has 106 valence electrons. The minimum absolute atomic E-state index is 0.107. The highest BCUT2D eigenvalue weighted by atomic mass is 32.1. The molecular formula is C16H14N2O2S. The van der Waals surface area contributed by atoms with E-state index in [1.807, 2.05) is 12.1 Å². The predicted molar refractivity (Wildman–Crippen MR) is 85.3 cm³/mol. The molecule has 2 N–H and O–H groups in total. The van der Waals surface area contributed by atoms with Crippen LogP contribution in [0.3, 0.4) is 0 Å². The summed E-state index contributed by atoms with van der Waals surface area (Å²) in [4.78, 5) is 26.8. The zero-order valence-corrected chi connectivity index (χ0v) is 12.5. The Balaban J connectivity index is 2.32. The van der Waals surface area contributed by atoms with Gasteiger partial charge in [-0.1, -0.05) is 36.5 Å². The van der Waals surface area contributed by atoms with Crippen molar-refractivity contribution in [3.8, 4) is 0 Å². The molecule has 0 atom stereocenters. The van der Waals surface area contributed by atoms with E-state index in [2.05, 4.69) is 0 Å². The van der Waals surface area contributed by atoms with Crippen LogP contribution in [0.4, 0.5) is 0 Å². The number of nitrogens with two attached hydrogens (primary N) is 1. The van der Waals surface area contributed by atoms with Crippen LogP contribution in [0.1, 0.15) is 34.6 Å². The Hall–Kier alpha value is -2.27. The van der Waals surface area contributed by atoms with Crippen LogP contribution in [0.15, 0.2) is 36.4 Å². The van der Waals surface area contributed by atoms with Gasteiger partial charge in [-0.15, -0.1) is 0 Å². The van der Waals surface area contributed by atoms with Gasteiger partial charge < -0.3 is 5.73 Å². The van der Waals surface area contributed by atoms with Crippen molar-refractivity contribution in [2.45, 2.75) is 19.4 Å². The fourth-order valence-corrected chi connectivity index (χ4v) is 2.74. The van der Waals surface area contributed by atoms with Gasteiger partial charge in [0.2, 0.25) is 0 Å². The molecule has 2 aromatic carbocycles. The third-order valence-corrected chi connectivity index (χ3v) is 4.43. The van der Waals surface area contributed by atoms with Crippen LogP contribution < -0.4 is 5.73 Å². The number of hydrogen-bond acceptors (Lipinski definition) is 3. The van der Waals surface area contributed by atoms with E-state index in [0.717, 1.165) is 10.3 Å². The van der Waals surface area contributed by atoms with E-state index >= 15 is 0 Å². The number of benzene rings is 2. The van der Waals surface area contributed by atoms with E-state index in [-0.39, 0.29) is 16.8 Å². The molecular weight excluding hydrogens is 284 g/mol. The van der Waals surface area contributed by atoms with Crippen molar-refractivity contribution in [2.75, 3.05) is 0 Å². The Morgan fingerprint density at radius 2 is 1.52 bits per heavy atom. The predicted octanol–water partition coefficient (Wildman–Crippen LogP) is 2.50. The largest absolute Gasteiger partial charge is 0.391 e. The fourth-order valence-electron chi connectivity index (χ4n) is 2.65. The molecule has 0 aliphatic carbocycles. The summed E-state index contributed by atoms with van der Waals surface area (Å²) >= 11 is 5.03. The quantitative estimate of drug-likeness (QED) is 0.683. The number of thiocarbonyl (C=S) groups is 1. The molecule has 0 bridgehead atoms. The maximum Gasteiger partial charge on any atom is 0.262 e. The van der Waals surface area contributed by atoms with Crippen LogP contribution in [0.5, 0.6) is 0 Å². The van der Waals surface area contributed by atoms with Crippen molar-refractivity contribution >= 4 is 39.8 Å². The molecule has 1 aliphatic rings. The zero-order chi connectivity index (χ0) is 15.4. The van der Waals surface area contributed by atoms with Gasteiger partial charge in [-0.05, 0) is 31.4 Å². The molecule has 0 unspecified atom stereocenters. The molecule has 21 heavy (non-hydrogen) atoms. The Morgan fingerprint density at radius 1 is 1.05 bits per heavy atom. The topological polar surface area (TPSA) is 63.4 Å². The first-order valence-corrected chi connectivity index (χ1v) is 6.97. The summed E-state index contributed by atoms with van der Waals surface area (Å²) < 4.78 is 0. The Bertz CT molecular complexity index is 760. The van der Waals surface area contributed by atoms with E-state index in [9.17, 15) is 9.59 Å². The summed E-state index contributed by atoms with van der Waals surface area (Å²) in [6, 6.07) is 10.8. The SMILES string of the molecule is CC(C)(C(N)=S)N1C(=O)c2cccc3cccc(c23)C1=O. The molecule has 2 amide bonds. The first-order valence-electron chi connectivity index (χ1n) is 6.56. The van der Waals surface area contributed by atoms with Crippen LogP contribution in [0.25, 0.3) is 10.8 Å². The van der Waals surface area contributed by atoms with Gasteiger partial charge in [0.05, 0.1) is 10.5 Å². The highest BCUT2D eigenvalue weighted by Crippen LogP contribution is 2.33. The molecule has 2 aromatic rings. The summed E-state index contributed by atoms with van der Waals surface area (Å²) in [6.45, 7) is 3.36. The van der Waals surface area contributed by atoms with Gasteiger partial charge in [-0.2, -0.15) is 0 Å². The van der Waals surface area contributed by atoms with E-state index in [0.29, 0.717) is 16.5 Å². The third-order valence-electron chi connectivity index (χ3n) is 3.93. The van der Waals surface area contributed by atoms with Crippen molar-refractivity contribution in [1.82, 2.24) is 4.90 Å². The lowest BCUT2D eigenvalue weighted by Gasteiger charge is -2.38. The summed E-state index contributed by atoms with van der Waals surface area (Å²) in [6.07, 6.45) is 0. The number of rotatable bonds is 2. The zero-order valence-electron chi connectivity index (χ0n) is 11.7. The molecule has 1 heterocycles. The minimum atomic E-state index is -1.01. The molecule has 0 spiro atoms. The van der Waals surface area contributed by atoms with Gasteiger partial charge in [0.25, 0.3) is 11.8 Å². The molecule has 5 heteroatoms. The monoisotopic (exact) mass is 298 g/mol. The average molecular weight is 298 g/mol. The molecule has 0 aromatic heterocycles. The number of carbonyl (C=O) groups is 2. The van der Waals surface area contributed by atoms with Crippen LogP contribution in [0.2, 0.25) is 0 Å². The fraction of sp³-hybridized carbons (Fsp3) is 0.188. The van der Waals surface area contributed by atoms with Crippen molar-refractivity contribution in [3.05, 3.63) is 47.5 Å². The van der Waals surface area contributed by atoms with Crippen LogP contribution in [-0.4, -0.2) is 27.2 Å². The summed E-state index contributed by atoms with van der Waals surface area (Å²) in [5.74, 6) is -0.718. The first kappa shape index (κ1) is 13.7. The molecule has 0 saturated heterocycles. The number of hydrogen-bond donors (Lipinski definition) is 1. The number of imide groups is 1. The second-order valence-electron chi connectivity index (χ2n) is 5.58. The second kappa shape index (κ2) is 4.36. The van der Waals surface area contributed by atoms with Gasteiger partial charge in [0.1, 0.15) is 0 Å². The molecule has 0 saturated carbocycles. The average Bonchev–Trinajstić information content (AvgIpc) is 2.44. The summed E-state index contributed by atoms with van der Waals surface area (Å²) in [5, 5.41) is 1.57. The van der Waals surface area contributed by atoms with Gasteiger partial charge in [-0.3, -0.25) is 14.5 Å². The van der Waals surface area contributed by atoms with E-state index < -0.39 is 5.54 Å². The molecule has 0 radical (unpaired) electrons. The lowest BCUT2D eigenvalue weighted by molar-refractivity contribution is 0.0516. The van der Waals surface area contributed by atoms with Crippen LogP contribution in [0, 0.1) is 0 Å². The first-order chi connectivity index (χ1) is 9.85. The van der Waals surface area contributed by atoms with Gasteiger partial charge >= 0.3 is 0 Å². The summed E-state index contributed by atoms with van der Waals surface area (Å²) in [5.41, 5.74) is 5.73. The van der Waals surface area contributed by atoms with Gasteiger partial charge in [-0.25, -0.2) is 0 Å². The van der Waals surface area contributed by atoms with Crippen molar-refractivity contribution < 1.29 is 9.59 Å². The second-order valence-corrected chi connectivity index (χ2v) is 6.02. The maximum absolute atomic E-state index is 12.8. The van der Waals surface area contributed by atoms with E-state index in [1.165, 1.54) is 0 Å². The minimum Gasteiger partial charge on any atom is -0.391 e. The lowest BCUT2D eigenvalue weighted by atomic mass is 9.90. The van der Waals surface area contributed by atoms with Gasteiger partial charge in [0.15, 0.2) is 0 Å². The highest BCUT2D eigenvalue weighted by molar-refractivity contribution is 7.80. The maximum atomic E-state index is 12.8. The van der Waals surface area contributed by atoms with Crippen molar-refractivity contribution in [1.29, 1.82) is 0 Å². The van der Waals surface area contributed by atoms with Gasteiger partial charge in [0, 0.05) is 16.5 Å². The normalized spacial score (nSPS) is 14.7. The highest BCUT2D eigenvalue weighted by Gasteiger charge is 2.43. The number of nitrogens with zero attached hydrogens (tertiary/aromatic N) is 1.